The van der Waals surface area contributed by atoms with E-state index in [-0.39, 0.29) is 0 Å². The van der Waals surface area contributed by atoms with Crippen molar-refractivity contribution in [1.82, 2.24) is 0 Å². The van der Waals surface area contributed by atoms with Gasteiger partial charge in [-0.15, -0.1) is 0 Å². The third-order valence-corrected chi connectivity index (χ3v) is 3.78. The lowest BCUT2D eigenvalue weighted by Gasteiger charge is -2.33. The van der Waals surface area contributed by atoms with E-state index in [0.717, 1.165) is 31.5 Å². The molecule has 2 aliphatic rings. The Balaban J connectivity index is 1.75. The summed E-state index contributed by atoms with van der Waals surface area (Å²) < 4.78 is 11.6. The molecule has 0 radical (unpaired) electrons. The first-order valence-electron chi connectivity index (χ1n) is 6.47. The molecule has 0 bridgehead atoms. The van der Waals surface area contributed by atoms with Gasteiger partial charge in [-0.05, 0) is 43.9 Å². The zero-order chi connectivity index (χ0) is 10.7. The normalized spacial score (nSPS) is 42.8. The smallest absolute Gasteiger partial charge is 0.0602 e. The molecule has 2 saturated heterocycles. The van der Waals surface area contributed by atoms with Crippen LogP contribution in [0, 0.1) is 11.8 Å². The molecular weight excluding hydrogens is 188 g/mol. The van der Waals surface area contributed by atoms with Gasteiger partial charge in [-0.2, -0.15) is 0 Å². The van der Waals surface area contributed by atoms with Gasteiger partial charge >= 0.3 is 0 Å². The van der Waals surface area contributed by atoms with Crippen molar-refractivity contribution in [3.63, 3.8) is 0 Å². The Labute approximate surface area is 93.3 Å². The largest absolute Gasteiger partial charge is 0.378 e. The molecule has 4 unspecified atom stereocenters. The highest BCUT2D eigenvalue weighted by atomic mass is 16.5. The highest BCUT2D eigenvalue weighted by molar-refractivity contribution is 4.76. The maximum Gasteiger partial charge on any atom is 0.0602 e. The third-order valence-electron chi connectivity index (χ3n) is 3.78. The van der Waals surface area contributed by atoms with Gasteiger partial charge in [0.05, 0.1) is 12.2 Å². The Hall–Kier alpha value is -0.0800. The maximum atomic E-state index is 5.81. The summed E-state index contributed by atoms with van der Waals surface area (Å²) in [4.78, 5) is 0. The minimum Gasteiger partial charge on any atom is -0.378 e. The van der Waals surface area contributed by atoms with Gasteiger partial charge in [0.15, 0.2) is 0 Å². The lowest BCUT2D eigenvalue weighted by atomic mass is 9.90. The Morgan fingerprint density at radius 1 is 0.867 bits per heavy atom. The van der Waals surface area contributed by atoms with Crippen LogP contribution < -0.4 is 0 Å². The predicted molar refractivity (Wildman–Crippen MR) is 60.9 cm³/mol. The van der Waals surface area contributed by atoms with Crippen molar-refractivity contribution in [1.29, 1.82) is 0 Å². The fourth-order valence-electron chi connectivity index (χ4n) is 2.76. The summed E-state index contributed by atoms with van der Waals surface area (Å²) in [6, 6.07) is 0. The molecule has 2 fully saturated rings. The summed E-state index contributed by atoms with van der Waals surface area (Å²) in [5, 5.41) is 0. The number of rotatable bonds is 2. The SMILES string of the molecule is CC1CCOC(CC2CC(C)CCO2)C1. The molecule has 0 aliphatic carbocycles. The quantitative estimate of drug-likeness (QED) is 0.700. The molecule has 2 heteroatoms. The maximum absolute atomic E-state index is 5.81. The van der Waals surface area contributed by atoms with Crippen molar-refractivity contribution >= 4 is 0 Å². The van der Waals surface area contributed by atoms with Gasteiger partial charge in [0.25, 0.3) is 0 Å². The van der Waals surface area contributed by atoms with Crippen LogP contribution in [-0.2, 0) is 9.47 Å². The van der Waals surface area contributed by atoms with E-state index in [9.17, 15) is 0 Å². The predicted octanol–water partition coefficient (Wildman–Crippen LogP) is 3.01. The topological polar surface area (TPSA) is 18.5 Å². The van der Waals surface area contributed by atoms with Crippen LogP contribution in [0.4, 0.5) is 0 Å². The Bertz CT molecular complexity index is 173. The fourth-order valence-corrected chi connectivity index (χ4v) is 2.76. The van der Waals surface area contributed by atoms with Crippen LogP contribution in [0.15, 0.2) is 0 Å². The summed E-state index contributed by atoms with van der Waals surface area (Å²) >= 11 is 0. The van der Waals surface area contributed by atoms with Gasteiger partial charge < -0.3 is 9.47 Å². The van der Waals surface area contributed by atoms with Gasteiger partial charge in [-0.25, -0.2) is 0 Å². The first-order chi connectivity index (χ1) is 7.24. The number of ether oxygens (including phenoxy) is 2. The van der Waals surface area contributed by atoms with Crippen LogP contribution >= 0.6 is 0 Å². The minimum atomic E-state index is 0.462. The molecule has 0 spiro atoms. The van der Waals surface area contributed by atoms with Gasteiger partial charge in [-0.1, -0.05) is 13.8 Å². The fraction of sp³-hybridized carbons (Fsp3) is 1.00. The van der Waals surface area contributed by atoms with Crippen molar-refractivity contribution in [2.24, 2.45) is 11.8 Å². The van der Waals surface area contributed by atoms with E-state index in [1.807, 2.05) is 0 Å². The minimum absolute atomic E-state index is 0.462. The van der Waals surface area contributed by atoms with Crippen LogP contribution in [0.3, 0.4) is 0 Å². The average molecular weight is 212 g/mol. The lowest BCUT2D eigenvalue weighted by molar-refractivity contribution is -0.0691. The molecule has 4 atom stereocenters. The van der Waals surface area contributed by atoms with Crippen molar-refractivity contribution < 1.29 is 9.47 Å². The first-order valence-corrected chi connectivity index (χ1v) is 6.47. The molecule has 0 N–H and O–H groups in total. The molecule has 2 aliphatic heterocycles. The zero-order valence-electron chi connectivity index (χ0n) is 10.1. The van der Waals surface area contributed by atoms with E-state index in [2.05, 4.69) is 13.8 Å². The molecule has 2 rings (SSSR count). The Morgan fingerprint density at radius 2 is 1.33 bits per heavy atom. The molecule has 0 aromatic carbocycles. The standard InChI is InChI=1S/C13H24O2/c1-10-3-5-14-12(7-10)9-13-8-11(2)4-6-15-13/h10-13H,3-9H2,1-2H3. The molecule has 0 amide bonds. The van der Waals surface area contributed by atoms with Gasteiger partial charge in [0, 0.05) is 13.2 Å². The van der Waals surface area contributed by atoms with E-state index < -0.39 is 0 Å². The van der Waals surface area contributed by atoms with E-state index in [1.165, 1.54) is 25.7 Å². The molecule has 2 nitrogen and oxygen atoms in total. The Morgan fingerprint density at radius 3 is 1.73 bits per heavy atom. The lowest BCUT2D eigenvalue weighted by Crippen LogP contribution is -2.32. The van der Waals surface area contributed by atoms with Crippen molar-refractivity contribution in [2.45, 2.75) is 58.2 Å². The number of hydrogen-bond donors (Lipinski definition) is 0. The van der Waals surface area contributed by atoms with Crippen LogP contribution in [0.5, 0.6) is 0 Å². The molecule has 0 aromatic heterocycles. The first kappa shape index (κ1) is 11.4. The van der Waals surface area contributed by atoms with Crippen molar-refractivity contribution in [3.8, 4) is 0 Å². The van der Waals surface area contributed by atoms with Crippen molar-refractivity contribution in [2.75, 3.05) is 13.2 Å². The second kappa shape index (κ2) is 5.31. The van der Waals surface area contributed by atoms with Gasteiger partial charge in [-0.3, -0.25) is 0 Å². The zero-order valence-corrected chi connectivity index (χ0v) is 10.1. The average Bonchev–Trinajstić information content (AvgIpc) is 2.17. The van der Waals surface area contributed by atoms with E-state index in [4.69, 9.17) is 9.47 Å². The molecule has 2 heterocycles. The highest BCUT2D eigenvalue weighted by Crippen LogP contribution is 2.28. The summed E-state index contributed by atoms with van der Waals surface area (Å²) in [7, 11) is 0. The summed E-state index contributed by atoms with van der Waals surface area (Å²) in [5.74, 6) is 1.68. The van der Waals surface area contributed by atoms with Crippen LogP contribution in [0.2, 0.25) is 0 Å². The van der Waals surface area contributed by atoms with Crippen molar-refractivity contribution in [3.05, 3.63) is 0 Å². The van der Waals surface area contributed by atoms with E-state index >= 15 is 0 Å². The van der Waals surface area contributed by atoms with Crippen LogP contribution in [0.1, 0.15) is 46.0 Å². The van der Waals surface area contributed by atoms with Gasteiger partial charge in [0.2, 0.25) is 0 Å². The van der Waals surface area contributed by atoms with Crippen LogP contribution in [0.25, 0.3) is 0 Å². The van der Waals surface area contributed by atoms with Gasteiger partial charge in [0.1, 0.15) is 0 Å². The van der Waals surface area contributed by atoms with E-state index in [0.29, 0.717) is 12.2 Å². The number of hydrogen-bond acceptors (Lipinski definition) is 2. The molecule has 88 valence electrons. The molecule has 0 aromatic rings. The second-order valence-corrected chi connectivity index (χ2v) is 5.48. The molecular formula is C13H24O2. The highest BCUT2D eigenvalue weighted by Gasteiger charge is 2.26. The van der Waals surface area contributed by atoms with E-state index in [1.54, 1.807) is 0 Å². The molecule has 0 saturated carbocycles. The monoisotopic (exact) mass is 212 g/mol. The molecule has 15 heavy (non-hydrogen) atoms. The van der Waals surface area contributed by atoms with Crippen LogP contribution in [-0.4, -0.2) is 25.4 Å². The third kappa shape index (κ3) is 3.46. The summed E-state index contributed by atoms with van der Waals surface area (Å²) in [6.45, 7) is 6.57. The Kier molecular flexibility index (Phi) is 4.04. The summed E-state index contributed by atoms with van der Waals surface area (Å²) in [6.07, 6.45) is 6.97. The summed E-state index contributed by atoms with van der Waals surface area (Å²) in [5.41, 5.74) is 0. The second-order valence-electron chi connectivity index (χ2n) is 5.48.